The van der Waals surface area contributed by atoms with Gasteiger partial charge >= 0.3 is 0 Å². The highest BCUT2D eigenvalue weighted by Gasteiger charge is 2.30. The highest BCUT2D eigenvalue weighted by Crippen LogP contribution is 2.21. The third-order valence-electron chi connectivity index (χ3n) is 7.26. The van der Waals surface area contributed by atoms with Crippen LogP contribution in [0.25, 0.3) is 0 Å². The first kappa shape index (κ1) is 30.4. The van der Waals surface area contributed by atoms with Gasteiger partial charge in [0.2, 0.25) is 17.7 Å². The molecule has 0 aromatic rings. The Morgan fingerprint density at radius 2 is 1.74 bits per heavy atom. The average molecular weight is 482 g/mol. The molecule has 3 amide bonds. The number of amides is 3. The molecule has 34 heavy (non-hydrogen) atoms. The molecule has 0 aromatic carbocycles. The molecule has 0 bridgehead atoms. The van der Waals surface area contributed by atoms with Crippen LogP contribution in [-0.4, -0.2) is 59.5 Å². The Kier molecular flexibility index (Phi) is 15.1. The zero-order chi connectivity index (χ0) is 25.5. The summed E-state index contributed by atoms with van der Waals surface area (Å²) in [5, 5.41) is 17.0. The van der Waals surface area contributed by atoms with E-state index in [1.807, 2.05) is 6.92 Å². The van der Waals surface area contributed by atoms with E-state index < -0.39 is 18.2 Å². The number of aliphatic hydroxyl groups excluding tert-OH is 1. The van der Waals surface area contributed by atoms with Crippen molar-refractivity contribution in [3.8, 4) is 0 Å². The topological polar surface area (TPSA) is 98.7 Å². The zero-order valence-electron chi connectivity index (χ0n) is 22.4. The second kappa shape index (κ2) is 16.9. The maximum atomic E-state index is 13.0. The molecule has 7 heteroatoms. The molecule has 0 spiro atoms. The van der Waals surface area contributed by atoms with Gasteiger partial charge in [0, 0.05) is 25.9 Å². The van der Waals surface area contributed by atoms with Crippen LogP contribution < -0.4 is 10.6 Å². The average Bonchev–Trinajstić information content (AvgIpc) is 2.80. The maximum absolute atomic E-state index is 13.0. The number of carbonyl (C=O) groups excluding carboxylic acids is 3. The van der Waals surface area contributed by atoms with Crippen LogP contribution in [0.15, 0.2) is 0 Å². The van der Waals surface area contributed by atoms with Crippen LogP contribution in [0, 0.1) is 11.8 Å². The van der Waals surface area contributed by atoms with E-state index in [9.17, 15) is 19.5 Å². The number of nitrogens with one attached hydrogen (secondary N) is 2. The minimum atomic E-state index is -0.825. The van der Waals surface area contributed by atoms with Crippen LogP contribution in [0.2, 0.25) is 0 Å². The molecule has 198 valence electrons. The molecule has 5 atom stereocenters. The highest BCUT2D eigenvalue weighted by atomic mass is 16.3. The number of hydrogen-bond acceptors (Lipinski definition) is 4. The summed E-state index contributed by atoms with van der Waals surface area (Å²) in [6, 6.07) is -1.06. The van der Waals surface area contributed by atoms with Crippen molar-refractivity contribution in [2.75, 3.05) is 13.6 Å². The van der Waals surface area contributed by atoms with E-state index in [1.54, 1.807) is 14.0 Å². The number of nitrogens with zero attached hydrogens (tertiary/aromatic N) is 1. The Morgan fingerprint density at radius 3 is 2.38 bits per heavy atom. The first-order valence-electron chi connectivity index (χ1n) is 13.7. The monoisotopic (exact) mass is 481 g/mol. The lowest BCUT2D eigenvalue weighted by atomic mass is 9.89. The summed E-state index contributed by atoms with van der Waals surface area (Å²) in [6.45, 7) is 8.44. The molecule has 1 aliphatic rings. The van der Waals surface area contributed by atoms with Gasteiger partial charge in [-0.3, -0.25) is 14.4 Å². The van der Waals surface area contributed by atoms with Crippen molar-refractivity contribution >= 4 is 17.7 Å². The van der Waals surface area contributed by atoms with Gasteiger partial charge in [-0.2, -0.15) is 0 Å². The fourth-order valence-corrected chi connectivity index (χ4v) is 4.58. The standard InChI is InChI=1S/C27H51N3O4/c1-6-7-17-28-26(33)21(3)19-24(31)23-18-20(2)15-13-11-9-8-10-12-14-16-25(32)30(5)22(4)27(34)29-23/h20-24,31H,6-19H2,1-5H3,(H,28,33)(H,29,34)/t20-,21?,22+,23+,24?/m1/s1. The Bertz CT molecular complexity index is 613. The van der Waals surface area contributed by atoms with Crippen LogP contribution in [0.4, 0.5) is 0 Å². The van der Waals surface area contributed by atoms with Crippen LogP contribution in [0.3, 0.4) is 0 Å². The van der Waals surface area contributed by atoms with E-state index in [1.165, 1.54) is 24.2 Å². The van der Waals surface area contributed by atoms with Crippen molar-refractivity contribution in [2.45, 2.75) is 129 Å². The summed E-state index contributed by atoms with van der Waals surface area (Å²) >= 11 is 0. The number of unbranched alkanes of at least 4 members (excludes halogenated alkanes) is 1. The van der Waals surface area contributed by atoms with Crippen LogP contribution in [0.5, 0.6) is 0 Å². The van der Waals surface area contributed by atoms with Crippen LogP contribution in [0.1, 0.15) is 111 Å². The Morgan fingerprint density at radius 1 is 1.12 bits per heavy atom. The predicted molar refractivity (Wildman–Crippen MR) is 137 cm³/mol. The summed E-state index contributed by atoms with van der Waals surface area (Å²) in [6.07, 6.45) is 11.4. The van der Waals surface area contributed by atoms with Gasteiger partial charge < -0.3 is 20.6 Å². The minimum Gasteiger partial charge on any atom is -0.391 e. The molecule has 1 rings (SSSR count). The molecule has 1 saturated heterocycles. The summed E-state index contributed by atoms with van der Waals surface area (Å²) in [5.74, 6) is -0.329. The number of hydrogen-bond donors (Lipinski definition) is 3. The lowest BCUT2D eigenvalue weighted by Crippen LogP contribution is -2.52. The first-order valence-corrected chi connectivity index (χ1v) is 13.7. The largest absolute Gasteiger partial charge is 0.391 e. The van der Waals surface area contributed by atoms with Gasteiger partial charge in [0.1, 0.15) is 6.04 Å². The number of rotatable bonds is 7. The van der Waals surface area contributed by atoms with Crippen molar-refractivity contribution in [2.24, 2.45) is 11.8 Å². The predicted octanol–water partition coefficient (Wildman–Crippen LogP) is 4.17. The van der Waals surface area contributed by atoms with Gasteiger partial charge in [-0.05, 0) is 38.5 Å². The molecule has 2 unspecified atom stereocenters. The quantitative estimate of drug-likeness (QED) is 0.475. The molecule has 0 radical (unpaired) electrons. The maximum Gasteiger partial charge on any atom is 0.242 e. The zero-order valence-corrected chi connectivity index (χ0v) is 22.4. The van der Waals surface area contributed by atoms with Gasteiger partial charge in [-0.15, -0.1) is 0 Å². The summed E-state index contributed by atoms with van der Waals surface area (Å²) in [7, 11) is 1.68. The number of aliphatic hydroxyl groups is 1. The molecule has 7 nitrogen and oxygen atoms in total. The highest BCUT2D eigenvalue weighted by molar-refractivity contribution is 5.87. The van der Waals surface area contributed by atoms with Crippen LogP contribution >= 0.6 is 0 Å². The molecule has 0 saturated carbocycles. The second-order valence-electron chi connectivity index (χ2n) is 10.5. The Balaban J connectivity index is 2.88. The first-order chi connectivity index (χ1) is 16.2. The van der Waals surface area contributed by atoms with Gasteiger partial charge in [0.05, 0.1) is 12.1 Å². The molecule has 3 N–H and O–H groups in total. The second-order valence-corrected chi connectivity index (χ2v) is 10.5. The van der Waals surface area contributed by atoms with Crippen LogP contribution in [-0.2, 0) is 14.4 Å². The molecule has 1 heterocycles. The molecule has 0 aromatic heterocycles. The summed E-state index contributed by atoms with van der Waals surface area (Å²) in [4.78, 5) is 39.5. The third-order valence-corrected chi connectivity index (χ3v) is 7.26. The lowest BCUT2D eigenvalue weighted by Gasteiger charge is -2.31. The summed E-state index contributed by atoms with van der Waals surface area (Å²) in [5.41, 5.74) is 0. The third kappa shape index (κ3) is 11.7. The molecular weight excluding hydrogens is 430 g/mol. The number of carbonyl (C=O) groups is 3. The SMILES string of the molecule is CCCCNC(=O)C(C)CC(O)[C@@H]1C[C@H](C)CCCCCCCCCC(=O)N(C)[C@@H](C)C(=O)N1. The smallest absolute Gasteiger partial charge is 0.242 e. The van der Waals surface area contributed by atoms with E-state index in [-0.39, 0.29) is 23.6 Å². The normalized spacial score (nSPS) is 26.3. The molecule has 1 fully saturated rings. The van der Waals surface area contributed by atoms with Crippen molar-refractivity contribution in [3.63, 3.8) is 0 Å². The lowest BCUT2D eigenvalue weighted by molar-refractivity contribution is -0.139. The fourth-order valence-electron chi connectivity index (χ4n) is 4.58. The van der Waals surface area contributed by atoms with E-state index in [0.717, 1.165) is 44.9 Å². The number of likely N-dealkylation sites (N-methyl/N-ethyl adjacent to an activating group) is 1. The van der Waals surface area contributed by atoms with Crippen molar-refractivity contribution in [1.82, 2.24) is 15.5 Å². The molecule has 1 aliphatic heterocycles. The Hall–Kier alpha value is -1.63. The van der Waals surface area contributed by atoms with Crippen molar-refractivity contribution < 1.29 is 19.5 Å². The molecule has 0 aliphatic carbocycles. The van der Waals surface area contributed by atoms with E-state index >= 15 is 0 Å². The van der Waals surface area contributed by atoms with Gasteiger partial charge in [0.15, 0.2) is 0 Å². The van der Waals surface area contributed by atoms with Crippen molar-refractivity contribution in [1.29, 1.82) is 0 Å². The fraction of sp³-hybridized carbons (Fsp3) is 0.889. The van der Waals surface area contributed by atoms with E-state index in [4.69, 9.17) is 0 Å². The van der Waals surface area contributed by atoms with E-state index in [0.29, 0.717) is 31.7 Å². The summed E-state index contributed by atoms with van der Waals surface area (Å²) < 4.78 is 0. The van der Waals surface area contributed by atoms with Gasteiger partial charge in [-0.1, -0.05) is 72.1 Å². The Labute approximate surface area is 207 Å². The van der Waals surface area contributed by atoms with Gasteiger partial charge in [-0.25, -0.2) is 0 Å². The minimum absolute atomic E-state index is 0.0187. The van der Waals surface area contributed by atoms with Gasteiger partial charge in [0.25, 0.3) is 0 Å². The molecular formula is C27H51N3O4. The van der Waals surface area contributed by atoms with E-state index in [2.05, 4.69) is 24.5 Å². The van der Waals surface area contributed by atoms with Crippen molar-refractivity contribution in [3.05, 3.63) is 0 Å².